The first-order valence-corrected chi connectivity index (χ1v) is 15.1. The second kappa shape index (κ2) is 12.3. The Kier molecular flexibility index (Phi) is 9.29. The molecular formula is C25H29F3N4O6S2. The number of amides is 1. The van der Waals surface area contributed by atoms with Gasteiger partial charge in [-0.15, -0.1) is 11.3 Å². The van der Waals surface area contributed by atoms with Crippen LogP contribution in [0.1, 0.15) is 58.3 Å². The number of ether oxygens (including phenoxy) is 2. The summed E-state index contributed by atoms with van der Waals surface area (Å²) in [6.45, 7) is 3.30. The first-order valence-electron chi connectivity index (χ1n) is 12.3. The van der Waals surface area contributed by atoms with Crippen molar-refractivity contribution < 1.29 is 40.4 Å². The predicted molar refractivity (Wildman–Crippen MR) is 139 cm³/mol. The van der Waals surface area contributed by atoms with Crippen molar-refractivity contribution in [3.05, 3.63) is 68.9 Å². The Labute approximate surface area is 233 Å². The number of carbonyl (C=O) groups is 1. The Morgan fingerprint density at radius 2 is 1.73 bits per heavy atom. The van der Waals surface area contributed by atoms with Gasteiger partial charge in [0.15, 0.2) is 5.69 Å². The zero-order valence-corrected chi connectivity index (χ0v) is 23.4. The highest BCUT2D eigenvalue weighted by atomic mass is 32.2. The Bertz CT molecular complexity index is 1400. The maximum absolute atomic E-state index is 12.9. The minimum absolute atomic E-state index is 0.202. The summed E-state index contributed by atoms with van der Waals surface area (Å²) >= 11 is 1.56. The summed E-state index contributed by atoms with van der Waals surface area (Å²) in [5, 5.41) is 6.51. The lowest BCUT2D eigenvalue weighted by Crippen LogP contribution is -2.40. The second-order valence-corrected chi connectivity index (χ2v) is 11.9. The largest absolute Gasteiger partial charge is 0.435 e. The van der Waals surface area contributed by atoms with Crippen LogP contribution in [0, 0.1) is 6.92 Å². The van der Waals surface area contributed by atoms with Crippen LogP contribution in [0.5, 0.6) is 0 Å². The van der Waals surface area contributed by atoms with Crippen LogP contribution in [-0.2, 0) is 50.3 Å². The molecule has 2 aliphatic heterocycles. The van der Waals surface area contributed by atoms with E-state index >= 15 is 0 Å². The van der Waals surface area contributed by atoms with E-state index < -0.39 is 28.3 Å². The third kappa shape index (κ3) is 8.10. The monoisotopic (exact) mass is 602 g/mol. The molecule has 1 saturated heterocycles. The number of nitrogens with zero attached hydrogens (tertiary/aromatic N) is 4. The van der Waals surface area contributed by atoms with Gasteiger partial charge in [0.2, 0.25) is 12.2 Å². The highest BCUT2D eigenvalue weighted by Crippen LogP contribution is 2.34. The maximum Gasteiger partial charge on any atom is 0.435 e. The zero-order chi connectivity index (χ0) is 29.1. The lowest BCUT2D eigenvalue weighted by molar-refractivity contribution is -0.155. The molecule has 1 aromatic carbocycles. The molecule has 0 aliphatic carbocycles. The molecule has 4 heterocycles. The standard InChI is InChI=1S/C24H25F3N4O3S.CH4O3S/c1-15-10-20(24(25,26)27)29-31(15)11-21(32)30-8-6-16(7-9-30)22-28-19(14-35-22)23-33-12-17-4-2-3-5-18(17)13-34-23;1-5(2,3)4/h2-5,10,14,16,23H,6-9,11-13H2,1H3;1H3,(H,2,3,4). The van der Waals surface area contributed by atoms with Crippen LogP contribution in [0.3, 0.4) is 0 Å². The lowest BCUT2D eigenvalue weighted by Gasteiger charge is -2.31. The van der Waals surface area contributed by atoms with E-state index in [0.29, 0.717) is 38.3 Å². The molecule has 40 heavy (non-hydrogen) atoms. The molecule has 1 N–H and O–H groups in total. The highest BCUT2D eigenvalue weighted by molar-refractivity contribution is 7.85. The number of fused-ring (bicyclic) bond motifs is 1. The Hall–Kier alpha value is -2.85. The Balaban J connectivity index is 0.000000681. The molecule has 218 valence electrons. The quantitative estimate of drug-likeness (QED) is 0.438. The minimum atomic E-state index is -4.53. The molecular weight excluding hydrogens is 573 g/mol. The van der Waals surface area contributed by atoms with Gasteiger partial charge < -0.3 is 14.4 Å². The average molecular weight is 603 g/mol. The van der Waals surface area contributed by atoms with E-state index in [1.54, 1.807) is 16.2 Å². The van der Waals surface area contributed by atoms with Crippen molar-refractivity contribution in [2.45, 2.75) is 57.9 Å². The van der Waals surface area contributed by atoms with Gasteiger partial charge in [0.1, 0.15) is 12.2 Å². The number of likely N-dealkylation sites (tertiary alicyclic amines) is 1. The molecule has 5 rings (SSSR count). The minimum Gasteiger partial charge on any atom is -0.342 e. The van der Waals surface area contributed by atoms with Gasteiger partial charge in [-0.05, 0) is 37.0 Å². The fourth-order valence-corrected chi connectivity index (χ4v) is 5.39. The number of hydrogen-bond acceptors (Lipinski definition) is 8. The summed E-state index contributed by atoms with van der Waals surface area (Å²) in [4.78, 5) is 19.2. The van der Waals surface area contributed by atoms with Crippen molar-refractivity contribution in [2.24, 2.45) is 0 Å². The van der Waals surface area contributed by atoms with Gasteiger partial charge in [0.25, 0.3) is 10.1 Å². The van der Waals surface area contributed by atoms with Crippen LogP contribution in [-0.4, -0.2) is 57.9 Å². The van der Waals surface area contributed by atoms with Crippen molar-refractivity contribution >= 4 is 27.4 Å². The van der Waals surface area contributed by atoms with Crippen molar-refractivity contribution in [1.82, 2.24) is 19.7 Å². The van der Waals surface area contributed by atoms with E-state index in [2.05, 4.69) is 5.10 Å². The number of rotatable bonds is 4. The zero-order valence-electron chi connectivity index (χ0n) is 21.8. The molecule has 0 saturated carbocycles. The van der Waals surface area contributed by atoms with Crippen molar-refractivity contribution in [2.75, 3.05) is 19.3 Å². The van der Waals surface area contributed by atoms with E-state index in [1.165, 1.54) is 6.92 Å². The summed E-state index contributed by atoms with van der Waals surface area (Å²) in [7, 11) is -3.67. The Morgan fingerprint density at radius 1 is 1.15 bits per heavy atom. The van der Waals surface area contributed by atoms with Crippen LogP contribution >= 0.6 is 11.3 Å². The number of aromatic nitrogens is 3. The van der Waals surface area contributed by atoms with Crippen LogP contribution < -0.4 is 0 Å². The van der Waals surface area contributed by atoms with Crippen LogP contribution in [0.4, 0.5) is 13.2 Å². The van der Waals surface area contributed by atoms with E-state index in [9.17, 15) is 26.4 Å². The molecule has 15 heteroatoms. The maximum atomic E-state index is 12.9. The highest BCUT2D eigenvalue weighted by Gasteiger charge is 2.35. The number of halogens is 3. The number of carbonyl (C=O) groups excluding carboxylic acids is 1. The van der Waals surface area contributed by atoms with E-state index in [1.807, 2.05) is 29.6 Å². The molecule has 10 nitrogen and oxygen atoms in total. The molecule has 1 fully saturated rings. The van der Waals surface area contributed by atoms with E-state index in [4.69, 9.17) is 19.0 Å². The van der Waals surface area contributed by atoms with Crippen LogP contribution in [0.15, 0.2) is 35.7 Å². The van der Waals surface area contributed by atoms with Crippen molar-refractivity contribution in [1.29, 1.82) is 0 Å². The fourth-order valence-electron chi connectivity index (χ4n) is 4.40. The van der Waals surface area contributed by atoms with Crippen molar-refractivity contribution in [3.63, 3.8) is 0 Å². The summed E-state index contributed by atoms with van der Waals surface area (Å²) in [6.07, 6.45) is -2.86. The number of piperidine rings is 1. The summed E-state index contributed by atoms with van der Waals surface area (Å²) in [5.74, 6) is -0.0212. The third-order valence-electron chi connectivity index (χ3n) is 6.43. The van der Waals surface area contributed by atoms with Gasteiger partial charge in [-0.1, -0.05) is 24.3 Å². The topological polar surface area (TPSA) is 124 Å². The molecule has 0 unspecified atom stereocenters. The van der Waals surface area contributed by atoms with Gasteiger partial charge in [-0.3, -0.25) is 14.0 Å². The van der Waals surface area contributed by atoms with Gasteiger partial charge in [0.05, 0.1) is 24.5 Å². The van der Waals surface area contributed by atoms with Crippen LogP contribution in [0.25, 0.3) is 0 Å². The molecule has 0 bridgehead atoms. The Morgan fingerprint density at radius 3 is 2.25 bits per heavy atom. The number of aryl methyl sites for hydroxylation is 1. The SMILES string of the molecule is CS(=O)(=O)O.Cc1cc(C(F)(F)F)nn1CC(=O)N1CCC(c2nc(C3OCc4ccccc4CO3)cs2)CC1. The normalized spacial score (nSPS) is 17.1. The second-order valence-electron chi connectivity index (χ2n) is 9.55. The van der Waals surface area contributed by atoms with Crippen LogP contribution in [0.2, 0.25) is 0 Å². The molecule has 1 amide bonds. The van der Waals surface area contributed by atoms with E-state index in [0.717, 1.165) is 45.4 Å². The third-order valence-corrected chi connectivity index (χ3v) is 7.46. The molecule has 3 aromatic rings. The van der Waals surface area contributed by atoms with Crippen molar-refractivity contribution in [3.8, 4) is 0 Å². The first-order chi connectivity index (χ1) is 18.8. The molecule has 0 spiro atoms. The van der Waals surface area contributed by atoms with Gasteiger partial charge >= 0.3 is 6.18 Å². The summed E-state index contributed by atoms with van der Waals surface area (Å²) < 4.78 is 77.5. The molecule has 0 atom stereocenters. The summed E-state index contributed by atoms with van der Waals surface area (Å²) in [5.41, 5.74) is 2.31. The lowest BCUT2D eigenvalue weighted by atomic mass is 9.97. The average Bonchev–Trinajstić information content (AvgIpc) is 3.45. The van der Waals surface area contributed by atoms with Gasteiger partial charge in [-0.25, -0.2) is 4.98 Å². The predicted octanol–water partition coefficient (Wildman–Crippen LogP) is 4.32. The smallest absolute Gasteiger partial charge is 0.342 e. The van der Waals surface area contributed by atoms with Gasteiger partial charge in [-0.2, -0.15) is 26.7 Å². The number of hydrogen-bond donors (Lipinski definition) is 1. The number of benzene rings is 1. The number of thiazole rings is 1. The first kappa shape index (κ1) is 30.1. The molecule has 2 aromatic heterocycles. The summed E-state index contributed by atoms with van der Waals surface area (Å²) in [6, 6.07) is 8.99. The number of alkyl halides is 3. The molecule has 0 radical (unpaired) electrons. The fraction of sp³-hybridized carbons (Fsp3) is 0.480. The molecule has 2 aliphatic rings. The van der Waals surface area contributed by atoms with E-state index in [-0.39, 0.29) is 18.4 Å². The van der Waals surface area contributed by atoms with Gasteiger partial charge in [0, 0.05) is 30.1 Å².